The molecule has 96 valence electrons. The van der Waals surface area contributed by atoms with E-state index in [1.807, 2.05) is 0 Å². The fourth-order valence-corrected chi connectivity index (χ4v) is 3.25. The minimum absolute atomic E-state index is 0.655. The van der Waals surface area contributed by atoms with Gasteiger partial charge in [0, 0.05) is 0 Å². The number of piperidine rings is 1. The molecule has 17 heavy (non-hydrogen) atoms. The standard InChI is InChI=1S/C15H25NO/c1-11-9-12(2)15(17-4)10-14(11)13-5-7-16(3)8-6-13/h9-11,13-14H,5-8H2,1-4H3. The van der Waals surface area contributed by atoms with Gasteiger partial charge in [0.05, 0.1) is 7.11 Å². The molecule has 2 atom stereocenters. The van der Waals surface area contributed by atoms with E-state index in [4.69, 9.17) is 4.74 Å². The molecule has 0 saturated carbocycles. The summed E-state index contributed by atoms with van der Waals surface area (Å²) in [7, 11) is 4.01. The zero-order chi connectivity index (χ0) is 12.4. The molecular formula is C15H25NO. The summed E-state index contributed by atoms with van der Waals surface area (Å²) in [5.74, 6) is 3.24. The van der Waals surface area contributed by atoms with Gasteiger partial charge in [-0.05, 0) is 69.3 Å². The SMILES string of the molecule is COC1=CC(C2CCN(C)CC2)C(C)C=C1C. The fraction of sp³-hybridized carbons (Fsp3) is 0.733. The van der Waals surface area contributed by atoms with Gasteiger partial charge in [0.1, 0.15) is 5.76 Å². The molecule has 0 spiro atoms. The zero-order valence-electron chi connectivity index (χ0n) is 11.6. The molecule has 2 unspecified atom stereocenters. The number of ether oxygens (including phenoxy) is 1. The van der Waals surface area contributed by atoms with Gasteiger partial charge in [-0.1, -0.05) is 13.0 Å². The number of rotatable bonds is 2. The van der Waals surface area contributed by atoms with Gasteiger partial charge in [0.25, 0.3) is 0 Å². The molecule has 0 amide bonds. The maximum atomic E-state index is 5.48. The second kappa shape index (κ2) is 5.26. The minimum atomic E-state index is 0.655. The molecule has 2 aliphatic rings. The van der Waals surface area contributed by atoms with Crippen molar-refractivity contribution >= 4 is 0 Å². The van der Waals surface area contributed by atoms with Crippen LogP contribution >= 0.6 is 0 Å². The van der Waals surface area contributed by atoms with E-state index in [2.05, 4.69) is 37.9 Å². The molecule has 1 aliphatic carbocycles. The normalized spacial score (nSPS) is 32.0. The number of nitrogens with zero attached hydrogens (tertiary/aromatic N) is 1. The van der Waals surface area contributed by atoms with E-state index in [1.54, 1.807) is 7.11 Å². The molecular weight excluding hydrogens is 210 g/mol. The molecule has 1 aliphatic heterocycles. The van der Waals surface area contributed by atoms with Crippen LogP contribution < -0.4 is 0 Å². The van der Waals surface area contributed by atoms with Crippen LogP contribution in [0.3, 0.4) is 0 Å². The number of methoxy groups -OCH3 is 1. The summed E-state index contributed by atoms with van der Waals surface area (Å²) in [6.45, 7) is 6.98. The van der Waals surface area contributed by atoms with Crippen LogP contribution in [-0.4, -0.2) is 32.1 Å². The summed E-state index contributed by atoms with van der Waals surface area (Å²) in [6.07, 6.45) is 7.40. The molecule has 2 nitrogen and oxygen atoms in total. The molecule has 2 heteroatoms. The second-order valence-corrected chi connectivity index (χ2v) is 5.66. The van der Waals surface area contributed by atoms with Crippen molar-refractivity contribution in [2.75, 3.05) is 27.2 Å². The summed E-state index contributed by atoms with van der Waals surface area (Å²) in [5.41, 5.74) is 1.30. The van der Waals surface area contributed by atoms with Gasteiger partial charge in [0.15, 0.2) is 0 Å². The number of likely N-dealkylation sites (tertiary alicyclic amines) is 1. The van der Waals surface area contributed by atoms with E-state index in [0.29, 0.717) is 11.8 Å². The van der Waals surface area contributed by atoms with Crippen LogP contribution in [0.25, 0.3) is 0 Å². The van der Waals surface area contributed by atoms with E-state index in [0.717, 1.165) is 11.7 Å². The van der Waals surface area contributed by atoms with Crippen LogP contribution in [0.1, 0.15) is 26.7 Å². The zero-order valence-corrected chi connectivity index (χ0v) is 11.6. The molecule has 0 aromatic carbocycles. The average molecular weight is 235 g/mol. The summed E-state index contributed by atoms with van der Waals surface area (Å²) < 4.78 is 5.48. The van der Waals surface area contributed by atoms with Crippen LogP contribution in [0, 0.1) is 17.8 Å². The van der Waals surface area contributed by atoms with Gasteiger partial charge in [-0.15, -0.1) is 0 Å². The maximum absolute atomic E-state index is 5.48. The Morgan fingerprint density at radius 3 is 2.47 bits per heavy atom. The highest BCUT2D eigenvalue weighted by atomic mass is 16.5. The summed E-state index contributed by atoms with van der Waals surface area (Å²) in [4.78, 5) is 2.44. The number of hydrogen-bond donors (Lipinski definition) is 0. The van der Waals surface area contributed by atoms with Crippen molar-refractivity contribution in [2.24, 2.45) is 17.8 Å². The highest BCUT2D eigenvalue weighted by Crippen LogP contribution is 2.37. The summed E-state index contributed by atoms with van der Waals surface area (Å²) >= 11 is 0. The number of allylic oxidation sites excluding steroid dienone is 3. The molecule has 1 saturated heterocycles. The monoisotopic (exact) mass is 235 g/mol. The lowest BCUT2D eigenvalue weighted by Gasteiger charge is -2.37. The van der Waals surface area contributed by atoms with Crippen molar-refractivity contribution in [3.8, 4) is 0 Å². The topological polar surface area (TPSA) is 12.5 Å². The Hall–Kier alpha value is -0.760. The van der Waals surface area contributed by atoms with Crippen molar-refractivity contribution in [3.63, 3.8) is 0 Å². The first-order valence-corrected chi connectivity index (χ1v) is 6.75. The Kier molecular flexibility index (Phi) is 3.93. The Labute approximate surface area is 105 Å². The van der Waals surface area contributed by atoms with Crippen LogP contribution in [0.2, 0.25) is 0 Å². The lowest BCUT2D eigenvalue weighted by molar-refractivity contribution is 0.167. The first-order valence-electron chi connectivity index (χ1n) is 6.75. The molecule has 1 heterocycles. The lowest BCUT2D eigenvalue weighted by atomic mass is 9.74. The third kappa shape index (κ3) is 2.74. The molecule has 0 radical (unpaired) electrons. The van der Waals surface area contributed by atoms with Crippen LogP contribution in [0.15, 0.2) is 23.5 Å². The van der Waals surface area contributed by atoms with Crippen molar-refractivity contribution in [2.45, 2.75) is 26.7 Å². The first kappa shape index (κ1) is 12.7. The highest BCUT2D eigenvalue weighted by molar-refractivity contribution is 5.30. The average Bonchev–Trinajstić information content (AvgIpc) is 2.31. The third-order valence-corrected chi connectivity index (χ3v) is 4.38. The van der Waals surface area contributed by atoms with Gasteiger partial charge in [0.2, 0.25) is 0 Å². The van der Waals surface area contributed by atoms with Crippen molar-refractivity contribution in [1.29, 1.82) is 0 Å². The smallest absolute Gasteiger partial charge is 0.117 e. The van der Waals surface area contributed by atoms with Crippen LogP contribution in [0.4, 0.5) is 0 Å². The molecule has 2 rings (SSSR count). The Bertz CT molecular complexity index is 324. The molecule has 0 aromatic heterocycles. The Morgan fingerprint density at radius 1 is 1.24 bits per heavy atom. The van der Waals surface area contributed by atoms with E-state index >= 15 is 0 Å². The quantitative estimate of drug-likeness (QED) is 0.729. The second-order valence-electron chi connectivity index (χ2n) is 5.66. The summed E-state index contributed by atoms with van der Waals surface area (Å²) in [6, 6.07) is 0. The Morgan fingerprint density at radius 2 is 1.88 bits per heavy atom. The van der Waals surface area contributed by atoms with E-state index < -0.39 is 0 Å². The van der Waals surface area contributed by atoms with Gasteiger partial charge >= 0.3 is 0 Å². The predicted octanol–water partition coefficient (Wildman–Crippen LogP) is 3.07. The minimum Gasteiger partial charge on any atom is -0.497 e. The third-order valence-electron chi connectivity index (χ3n) is 4.38. The largest absolute Gasteiger partial charge is 0.497 e. The van der Waals surface area contributed by atoms with Crippen LogP contribution in [-0.2, 0) is 4.74 Å². The summed E-state index contributed by atoms with van der Waals surface area (Å²) in [5, 5.41) is 0. The molecule has 0 aromatic rings. The van der Waals surface area contributed by atoms with Crippen molar-refractivity contribution in [3.05, 3.63) is 23.5 Å². The van der Waals surface area contributed by atoms with Crippen LogP contribution in [0.5, 0.6) is 0 Å². The molecule has 0 N–H and O–H groups in total. The van der Waals surface area contributed by atoms with Gasteiger partial charge < -0.3 is 9.64 Å². The van der Waals surface area contributed by atoms with E-state index in [1.165, 1.54) is 31.5 Å². The Balaban J connectivity index is 2.08. The predicted molar refractivity (Wildman–Crippen MR) is 71.7 cm³/mol. The molecule has 0 bridgehead atoms. The van der Waals surface area contributed by atoms with E-state index in [-0.39, 0.29) is 0 Å². The van der Waals surface area contributed by atoms with E-state index in [9.17, 15) is 0 Å². The van der Waals surface area contributed by atoms with Gasteiger partial charge in [-0.25, -0.2) is 0 Å². The van der Waals surface area contributed by atoms with Crippen molar-refractivity contribution in [1.82, 2.24) is 4.90 Å². The molecule has 1 fully saturated rings. The highest BCUT2D eigenvalue weighted by Gasteiger charge is 2.30. The lowest BCUT2D eigenvalue weighted by Crippen LogP contribution is -2.35. The van der Waals surface area contributed by atoms with Gasteiger partial charge in [-0.3, -0.25) is 0 Å². The van der Waals surface area contributed by atoms with Gasteiger partial charge in [-0.2, -0.15) is 0 Å². The fourth-order valence-electron chi connectivity index (χ4n) is 3.25. The first-order chi connectivity index (χ1) is 8.11. The maximum Gasteiger partial charge on any atom is 0.117 e. The van der Waals surface area contributed by atoms with Crippen molar-refractivity contribution < 1.29 is 4.74 Å². The number of hydrogen-bond acceptors (Lipinski definition) is 2.